The van der Waals surface area contributed by atoms with Crippen molar-refractivity contribution >= 4 is 11.8 Å². The average Bonchev–Trinajstić information content (AvgIpc) is 3.29. The topological polar surface area (TPSA) is 67.7 Å². The summed E-state index contributed by atoms with van der Waals surface area (Å²) in [6, 6.07) is 9.22. The van der Waals surface area contributed by atoms with Crippen LogP contribution >= 0.6 is 0 Å². The molecule has 1 aromatic carbocycles. The molecule has 4 rings (SSSR count). The number of para-hydroxylation sites is 1. The lowest BCUT2D eigenvalue weighted by Crippen LogP contribution is -2.44. The Hall–Kier alpha value is -2.83. The van der Waals surface area contributed by atoms with Crippen LogP contribution in [0.1, 0.15) is 47.0 Å². The summed E-state index contributed by atoms with van der Waals surface area (Å²) in [4.78, 5) is 30.2. The van der Waals surface area contributed by atoms with E-state index in [1.165, 1.54) is 0 Å². The fourth-order valence-corrected chi connectivity index (χ4v) is 4.53. The number of nitrogens with zero attached hydrogens (tertiary/aromatic N) is 4. The SMILES string of the molecule is CCOc1ccccc1C(=O)N1CCCC[C@H]2CN(C(=O)c3ccn(C)n3)C[C@H]21. The van der Waals surface area contributed by atoms with Gasteiger partial charge in [0.15, 0.2) is 0 Å². The van der Waals surface area contributed by atoms with Gasteiger partial charge in [0.1, 0.15) is 11.4 Å². The Balaban J connectivity index is 1.57. The zero-order valence-electron chi connectivity index (χ0n) is 17.1. The van der Waals surface area contributed by atoms with Crippen LogP contribution in [0.3, 0.4) is 0 Å². The maximum atomic E-state index is 13.5. The molecule has 0 aliphatic carbocycles. The number of likely N-dealkylation sites (tertiary alicyclic amines) is 2. The molecule has 7 heteroatoms. The van der Waals surface area contributed by atoms with Crippen molar-refractivity contribution in [3.63, 3.8) is 0 Å². The van der Waals surface area contributed by atoms with Gasteiger partial charge >= 0.3 is 0 Å². The Morgan fingerprint density at radius 2 is 1.97 bits per heavy atom. The standard InChI is InChI=1S/C22H28N4O3/c1-3-29-20-10-5-4-9-17(20)21(27)26-12-7-6-8-16-14-25(15-19(16)26)22(28)18-11-13-24(2)23-18/h4-5,9-11,13,16,19H,3,6-8,12,14-15H2,1-2H3/t16-,19+/m0/s1. The van der Waals surface area contributed by atoms with Crippen LogP contribution in [0.4, 0.5) is 0 Å². The number of benzene rings is 1. The Morgan fingerprint density at radius 1 is 1.14 bits per heavy atom. The lowest BCUT2D eigenvalue weighted by Gasteiger charge is -2.30. The number of ether oxygens (including phenoxy) is 1. The minimum absolute atomic E-state index is 0.00177. The molecule has 7 nitrogen and oxygen atoms in total. The lowest BCUT2D eigenvalue weighted by molar-refractivity contribution is 0.0641. The molecule has 2 amide bonds. The first kappa shape index (κ1) is 19.5. The number of aromatic nitrogens is 2. The van der Waals surface area contributed by atoms with Crippen LogP contribution in [0.15, 0.2) is 36.5 Å². The van der Waals surface area contributed by atoms with Gasteiger partial charge in [0.2, 0.25) is 0 Å². The third kappa shape index (κ3) is 3.86. The first-order chi connectivity index (χ1) is 14.1. The van der Waals surface area contributed by atoms with Crippen molar-refractivity contribution in [1.82, 2.24) is 19.6 Å². The maximum Gasteiger partial charge on any atom is 0.274 e. The van der Waals surface area contributed by atoms with Crippen molar-refractivity contribution in [2.75, 3.05) is 26.2 Å². The molecule has 2 saturated heterocycles. The average molecular weight is 396 g/mol. The number of hydrogen-bond donors (Lipinski definition) is 0. The van der Waals surface area contributed by atoms with Gasteiger partial charge in [-0.15, -0.1) is 0 Å². The third-order valence-electron chi connectivity index (χ3n) is 5.93. The molecule has 0 N–H and O–H groups in total. The molecule has 154 valence electrons. The van der Waals surface area contributed by atoms with Gasteiger partial charge in [-0.3, -0.25) is 14.3 Å². The summed E-state index contributed by atoms with van der Waals surface area (Å²) in [5, 5.41) is 4.25. The summed E-state index contributed by atoms with van der Waals surface area (Å²) in [5.74, 6) is 0.868. The lowest BCUT2D eigenvalue weighted by atomic mass is 9.98. The van der Waals surface area contributed by atoms with E-state index < -0.39 is 0 Å². The number of hydrogen-bond acceptors (Lipinski definition) is 4. The smallest absolute Gasteiger partial charge is 0.274 e. The van der Waals surface area contributed by atoms with Gasteiger partial charge < -0.3 is 14.5 Å². The van der Waals surface area contributed by atoms with Crippen LogP contribution in [-0.4, -0.2) is 63.7 Å². The molecule has 0 bridgehead atoms. The number of aryl methyl sites for hydroxylation is 1. The summed E-state index contributed by atoms with van der Waals surface area (Å²) in [6.45, 7) is 4.38. The summed E-state index contributed by atoms with van der Waals surface area (Å²) < 4.78 is 7.33. The van der Waals surface area contributed by atoms with Gasteiger partial charge in [0.05, 0.1) is 18.2 Å². The third-order valence-corrected chi connectivity index (χ3v) is 5.93. The Morgan fingerprint density at radius 3 is 2.72 bits per heavy atom. The van der Waals surface area contributed by atoms with E-state index in [4.69, 9.17) is 4.74 Å². The first-order valence-electron chi connectivity index (χ1n) is 10.4. The molecule has 2 aliphatic heterocycles. The van der Waals surface area contributed by atoms with E-state index in [1.54, 1.807) is 24.0 Å². The zero-order valence-corrected chi connectivity index (χ0v) is 17.1. The van der Waals surface area contributed by atoms with Crippen molar-refractivity contribution < 1.29 is 14.3 Å². The predicted molar refractivity (Wildman–Crippen MR) is 109 cm³/mol. The fourth-order valence-electron chi connectivity index (χ4n) is 4.53. The molecular weight excluding hydrogens is 368 g/mol. The number of amides is 2. The monoisotopic (exact) mass is 396 g/mol. The Labute approximate surface area is 171 Å². The molecule has 2 aliphatic rings. The van der Waals surface area contributed by atoms with Crippen LogP contribution in [0, 0.1) is 5.92 Å². The van der Waals surface area contributed by atoms with Crippen molar-refractivity contribution in [2.24, 2.45) is 13.0 Å². The van der Waals surface area contributed by atoms with Gasteiger partial charge in [0, 0.05) is 32.9 Å². The molecular formula is C22H28N4O3. The van der Waals surface area contributed by atoms with E-state index >= 15 is 0 Å². The zero-order chi connectivity index (χ0) is 20.4. The number of rotatable bonds is 4. The second kappa shape index (κ2) is 8.27. The summed E-state index contributed by atoms with van der Waals surface area (Å²) in [7, 11) is 1.81. The van der Waals surface area contributed by atoms with Gasteiger partial charge in [-0.2, -0.15) is 5.10 Å². The van der Waals surface area contributed by atoms with E-state index in [0.717, 1.165) is 19.3 Å². The molecule has 3 heterocycles. The molecule has 0 radical (unpaired) electrons. The van der Waals surface area contributed by atoms with Crippen molar-refractivity contribution in [3.05, 3.63) is 47.8 Å². The van der Waals surface area contributed by atoms with E-state index in [9.17, 15) is 9.59 Å². The quantitative estimate of drug-likeness (QED) is 0.797. The second-order valence-corrected chi connectivity index (χ2v) is 7.84. The van der Waals surface area contributed by atoms with Gasteiger partial charge in [0.25, 0.3) is 11.8 Å². The van der Waals surface area contributed by atoms with Gasteiger partial charge in [-0.1, -0.05) is 18.6 Å². The highest BCUT2D eigenvalue weighted by molar-refractivity contribution is 5.97. The summed E-state index contributed by atoms with van der Waals surface area (Å²) >= 11 is 0. The summed E-state index contributed by atoms with van der Waals surface area (Å²) in [6.07, 6.45) is 4.88. The molecule has 2 fully saturated rings. The van der Waals surface area contributed by atoms with E-state index in [2.05, 4.69) is 5.10 Å². The Kier molecular flexibility index (Phi) is 5.56. The van der Waals surface area contributed by atoms with Crippen LogP contribution < -0.4 is 4.74 Å². The fraction of sp³-hybridized carbons (Fsp3) is 0.500. The van der Waals surface area contributed by atoms with Crippen LogP contribution in [0.2, 0.25) is 0 Å². The van der Waals surface area contributed by atoms with Crippen LogP contribution in [0.5, 0.6) is 5.75 Å². The molecule has 2 atom stereocenters. The molecule has 0 spiro atoms. The Bertz CT molecular complexity index is 894. The van der Waals surface area contributed by atoms with Gasteiger partial charge in [-0.05, 0) is 43.9 Å². The minimum atomic E-state index is -0.0548. The van der Waals surface area contributed by atoms with E-state index in [1.807, 2.05) is 41.0 Å². The largest absolute Gasteiger partial charge is 0.493 e. The highest BCUT2D eigenvalue weighted by Gasteiger charge is 2.42. The molecule has 0 saturated carbocycles. The predicted octanol–water partition coefficient (Wildman–Crippen LogP) is 2.59. The maximum absolute atomic E-state index is 13.5. The van der Waals surface area contributed by atoms with Crippen LogP contribution in [-0.2, 0) is 7.05 Å². The second-order valence-electron chi connectivity index (χ2n) is 7.84. The van der Waals surface area contributed by atoms with Crippen molar-refractivity contribution in [1.29, 1.82) is 0 Å². The number of carbonyl (C=O) groups excluding carboxylic acids is 2. The minimum Gasteiger partial charge on any atom is -0.493 e. The molecule has 0 unspecified atom stereocenters. The normalized spacial score (nSPS) is 21.6. The van der Waals surface area contributed by atoms with Crippen molar-refractivity contribution in [2.45, 2.75) is 32.2 Å². The van der Waals surface area contributed by atoms with Gasteiger partial charge in [-0.25, -0.2) is 0 Å². The van der Waals surface area contributed by atoms with E-state index in [-0.39, 0.29) is 17.9 Å². The highest BCUT2D eigenvalue weighted by Crippen LogP contribution is 2.33. The number of fused-ring (bicyclic) bond motifs is 1. The molecule has 29 heavy (non-hydrogen) atoms. The number of carbonyl (C=O) groups is 2. The first-order valence-corrected chi connectivity index (χ1v) is 10.4. The molecule has 1 aromatic heterocycles. The van der Waals surface area contributed by atoms with Crippen molar-refractivity contribution in [3.8, 4) is 5.75 Å². The highest BCUT2D eigenvalue weighted by atomic mass is 16.5. The van der Waals surface area contributed by atoms with E-state index in [0.29, 0.717) is 49.2 Å². The summed E-state index contributed by atoms with van der Waals surface area (Å²) in [5.41, 5.74) is 1.06. The molecule has 2 aromatic rings. The van der Waals surface area contributed by atoms with Crippen LogP contribution in [0.25, 0.3) is 0 Å².